The molecule has 0 saturated carbocycles. The third-order valence-electron chi connectivity index (χ3n) is 3.75. The molecule has 0 radical (unpaired) electrons. The Bertz CT molecular complexity index is 461. The smallest absolute Gasteiger partial charge is 0.251 e. The van der Waals surface area contributed by atoms with Gasteiger partial charge in [-0.25, -0.2) is 4.98 Å². The van der Waals surface area contributed by atoms with Crippen molar-refractivity contribution in [2.75, 3.05) is 18.0 Å². The Morgan fingerprint density at radius 3 is 2.40 bits per heavy atom. The average Bonchev–Trinajstić information content (AvgIpc) is 2.38. The van der Waals surface area contributed by atoms with Gasteiger partial charge in [-0.3, -0.25) is 4.79 Å². The number of piperazine rings is 1. The van der Waals surface area contributed by atoms with Crippen molar-refractivity contribution in [2.24, 2.45) is 0 Å². The Balaban J connectivity index is 2.13. The van der Waals surface area contributed by atoms with Gasteiger partial charge in [0.25, 0.3) is 5.91 Å². The van der Waals surface area contributed by atoms with Crippen LogP contribution in [0.25, 0.3) is 0 Å². The monoisotopic (exact) mass is 277 g/mol. The van der Waals surface area contributed by atoms with Crippen LogP contribution in [0.4, 0.5) is 5.82 Å². The fourth-order valence-electron chi connectivity index (χ4n) is 2.81. The Kier molecular flexibility index (Phi) is 4.28. The maximum absolute atomic E-state index is 12.0. The number of pyridine rings is 1. The van der Waals surface area contributed by atoms with E-state index in [9.17, 15) is 9.90 Å². The molecule has 3 atom stereocenters. The number of aromatic nitrogens is 1. The fraction of sp³-hybridized carbons (Fsp3) is 0.600. The van der Waals surface area contributed by atoms with E-state index in [1.54, 1.807) is 4.90 Å². The zero-order valence-corrected chi connectivity index (χ0v) is 12.6. The van der Waals surface area contributed by atoms with Crippen molar-refractivity contribution in [3.63, 3.8) is 0 Å². The normalized spacial score (nSPS) is 24.6. The molecule has 5 nitrogen and oxygen atoms in total. The number of rotatable bonds is 2. The lowest BCUT2D eigenvalue weighted by Crippen LogP contribution is -2.60. The zero-order valence-electron chi connectivity index (χ0n) is 12.6. The van der Waals surface area contributed by atoms with E-state index in [1.165, 1.54) is 6.92 Å². The van der Waals surface area contributed by atoms with Crippen molar-refractivity contribution in [3.8, 4) is 0 Å². The summed E-state index contributed by atoms with van der Waals surface area (Å²) in [5, 5.41) is 9.50. The number of nitrogens with zero attached hydrogens (tertiary/aromatic N) is 3. The highest BCUT2D eigenvalue weighted by atomic mass is 16.3. The molecule has 0 bridgehead atoms. The van der Waals surface area contributed by atoms with Crippen LogP contribution in [0.2, 0.25) is 0 Å². The first kappa shape index (κ1) is 14.8. The van der Waals surface area contributed by atoms with Gasteiger partial charge >= 0.3 is 0 Å². The summed E-state index contributed by atoms with van der Waals surface area (Å²) >= 11 is 0. The number of aryl methyl sites for hydroxylation is 1. The van der Waals surface area contributed by atoms with E-state index in [2.05, 4.69) is 9.88 Å². The van der Waals surface area contributed by atoms with Crippen molar-refractivity contribution in [3.05, 3.63) is 23.9 Å². The number of aliphatic hydroxyl groups is 1. The van der Waals surface area contributed by atoms with Crippen molar-refractivity contribution in [2.45, 2.75) is 45.9 Å². The maximum Gasteiger partial charge on any atom is 0.251 e. The van der Waals surface area contributed by atoms with Gasteiger partial charge in [0, 0.05) is 31.4 Å². The van der Waals surface area contributed by atoms with Crippen LogP contribution in [-0.4, -0.2) is 52.2 Å². The van der Waals surface area contributed by atoms with E-state index < -0.39 is 6.10 Å². The van der Waals surface area contributed by atoms with Crippen LogP contribution in [0.5, 0.6) is 0 Å². The second kappa shape index (κ2) is 5.79. The van der Waals surface area contributed by atoms with Crippen LogP contribution in [0, 0.1) is 6.92 Å². The summed E-state index contributed by atoms with van der Waals surface area (Å²) in [4.78, 5) is 20.5. The lowest BCUT2D eigenvalue weighted by Gasteiger charge is -2.45. The van der Waals surface area contributed by atoms with E-state index >= 15 is 0 Å². The van der Waals surface area contributed by atoms with Crippen LogP contribution in [-0.2, 0) is 4.79 Å². The molecule has 1 fully saturated rings. The molecule has 20 heavy (non-hydrogen) atoms. The summed E-state index contributed by atoms with van der Waals surface area (Å²) < 4.78 is 0. The first-order chi connectivity index (χ1) is 9.40. The van der Waals surface area contributed by atoms with Gasteiger partial charge in [0.1, 0.15) is 11.9 Å². The third kappa shape index (κ3) is 2.93. The minimum absolute atomic E-state index is 0.0592. The maximum atomic E-state index is 12.0. The van der Waals surface area contributed by atoms with Gasteiger partial charge in [-0.1, -0.05) is 6.07 Å². The van der Waals surface area contributed by atoms with E-state index in [4.69, 9.17) is 0 Å². The predicted octanol–water partition coefficient (Wildman–Crippen LogP) is 1.20. The van der Waals surface area contributed by atoms with E-state index in [1.807, 2.05) is 39.1 Å². The van der Waals surface area contributed by atoms with Crippen LogP contribution in [0.3, 0.4) is 0 Å². The second-order valence-corrected chi connectivity index (χ2v) is 5.72. The van der Waals surface area contributed by atoms with Crippen molar-refractivity contribution < 1.29 is 9.90 Å². The molecule has 0 aliphatic carbocycles. The standard InChI is InChI=1S/C15H23N3O2/c1-10-5-6-14(16-7-10)17-8-11(2)18(12(3)9-17)15(20)13(4)19/h5-7,11-13,19H,8-9H2,1-4H3. The Morgan fingerprint density at radius 1 is 1.35 bits per heavy atom. The lowest BCUT2D eigenvalue weighted by molar-refractivity contribution is -0.144. The molecular formula is C15H23N3O2. The molecular weight excluding hydrogens is 254 g/mol. The van der Waals surface area contributed by atoms with Gasteiger partial charge in [-0.2, -0.15) is 0 Å². The molecule has 1 N–H and O–H groups in total. The summed E-state index contributed by atoms with van der Waals surface area (Å²) in [7, 11) is 0. The number of carbonyl (C=O) groups excluding carboxylic acids is 1. The van der Waals surface area contributed by atoms with E-state index in [-0.39, 0.29) is 18.0 Å². The van der Waals surface area contributed by atoms with Gasteiger partial charge < -0.3 is 14.9 Å². The van der Waals surface area contributed by atoms with Gasteiger partial charge in [0.2, 0.25) is 0 Å². The van der Waals surface area contributed by atoms with Gasteiger partial charge in [0.15, 0.2) is 0 Å². The van der Waals surface area contributed by atoms with E-state index in [0.717, 1.165) is 24.5 Å². The molecule has 3 unspecified atom stereocenters. The first-order valence-corrected chi connectivity index (χ1v) is 7.08. The van der Waals surface area contributed by atoms with Crippen LogP contribution < -0.4 is 4.90 Å². The van der Waals surface area contributed by atoms with Gasteiger partial charge in [-0.05, 0) is 39.3 Å². The predicted molar refractivity (Wildman–Crippen MR) is 78.6 cm³/mol. The van der Waals surface area contributed by atoms with Gasteiger partial charge in [0.05, 0.1) is 0 Å². The molecule has 1 saturated heterocycles. The van der Waals surface area contributed by atoms with Crippen LogP contribution >= 0.6 is 0 Å². The molecule has 0 aromatic carbocycles. The summed E-state index contributed by atoms with van der Waals surface area (Å²) in [5.41, 5.74) is 1.14. The molecule has 1 aliphatic heterocycles. The van der Waals surface area contributed by atoms with Crippen LogP contribution in [0.1, 0.15) is 26.3 Å². The van der Waals surface area contributed by atoms with Gasteiger partial charge in [-0.15, -0.1) is 0 Å². The molecule has 1 aromatic rings. The average molecular weight is 277 g/mol. The number of hydrogen-bond acceptors (Lipinski definition) is 4. The summed E-state index contributed by atoms with van der Waals surface area (Å²) in [6.07, 6.45) is 0.918. The SMILES string of the molecule is Cc1ccc(N2CC(C)N(C(=O)C(C)O)C(C)C2)nc1. The fourth-order valence-corrected chi connectivity index (χ4v) is 2.81. The number of anilines is 1. The summed E-state index contributed by atoms with van der Waals surface area (Å²) in [6, 6.07) is 4.18. The molecule has 2 heterocycles. The zero-order chi connectivity index (χ0) is 14.9. The highest BCUT2D eigenvalue weighted by Gasteiger charge is 2.34. The molecule has 110 valence electrons. The minimum Gasteiger partial charge on any atom is -0.384 e. The quantitative estimate of drug-likeness (QED) is 0.882. The number of hydrogen-bond donors (Lipinski definition) is 1. The van der Waals surface area contributed by atoms with Crippen molar-refractivity contribution in [1.29, 1.82) is 0 Å². The lowest BCUT2D eigenvalue weighted by atomic mass is 10.1. The van der Waals surface area contributed by atoms with Crippen molar-refractivity contribution in [1.82, 2.24) is 9.88 Å². The first-order valence-electron chi connectivity index (χ1n) is 7.08. The minimum atomic E-state index is -0.941. The molecule has 1 aliphatic rings. The highest BCUT2D eigenvalue weighted by molar-refractivity contribution is 5.81. The topological polar surface area (TPSA) is 56.7 Å². The number of aliphatic hydroxyl groups excluding tert-OH is 1. The Labute approximate surface area is 120 Å². The summed E-state index contributed by atoms with van der Waals surface area (Å²) in [5.74, 6) is 0.750. The molecule has 1 aromatic heterocycles. The molecule has 0 spiro atoms. The molecule has 5 heteroatoms. The Morgan fingerprint density at radius 2 is 1.95 bits per heavy atom. The van der Waals surface area contributed by atoms with E-state index in [0.29, 0.717) is 0 Å². The summed E-state index contributed by atoms with van der Waals surface area (Å²) in [6.45, 7) is 9.03. The third-order valence-corrected chi connectivity index (χ3v) is 3.75. The molecule has 1 amide bonds. The largest absolute Gasteiger partial charge is 0.384 e. The number of carbonyl (C=O) groups is 1. The Hall–Kier alpha value is -1.62. The molecule has 2 rings (SSSR count). The second-order valence-electron chi connectivity index (χ2n) is 5.72. The van der Waals surface area contributed by atoms with Crippen LogP contribution in [0.15, 0.2) is 18.3 Å². The van der Waals surface area contributed by atoms with Crippen molar-refractivity contribution >= 4 is 11.7 Å². The highest BCUT2D eigenvalue weighted by Crippen LogP contribution is 2.21. The number of amides is 1.